The van der Waals surface area contributed by atoms with Gasteiger partial charge in [-0.1, -0.05) is 30.3 Å². The molecule has 40 heavy (non-hydrogen) atoms. The smallest absolute Gasteiger partial charge is 0.410 e. The maximum atomic E-state index is 12.9. The van der Waals surface area contributed by atoms with Crippen molar-refractivity contribution in [2.24, 2.45) is 0 Å². The first-order valence-electron chi connectivity index (χ1n) is 14.3. The SMILES string of the molecule is CC(C)(C)OC(=O)N1C2CCC1CC(ONCCONC(=O)[C@@H]1CC[C@H]3CN1C(=O)N3OCc1ccccc1)C2. The molecule has 4 saturated heterocycles. The average molecular weight is 560 g/mol. The van der Waals surface area contributed by atoms with Gasteiger partial charge in [0.1, 0.15) is 18.2 Å². The number of amides is 4. The zero-order valence-corrected chi connectivity index (χ0v) is 23.5. The molecule has 5 rings (SSSR count). The van der Waals surface area contributed by atoms with Gasteiger partial charge in [0.25, 0.3) is 5.91 Å². The standard InChI is InChI=1S/C28H41N5O7/c1-28(2,3)39-27(36)32-20-9-10-21(32)16-23(15-20)40-29-13-14-37-30-25(34)24-12-11-22-17-31(24)26(35)33(22)38-18-19-7-5-4-6-8-19/h4-8,20-24,29H,9-18H2,1-3H3,(H,30,34)/t20?,21?,22-,23?,24-/m0/s1. The summed E-state index contributed by atoms with van der Waals surface area (Å²) in [5, 5.41) is 1.41. The number of benzene rings is 1. The largest absolute Gasteiger partial charge is 0.444 e. The molecule has 0 saturated carbocycles. The third kappa shape index (κ3) is 6.68. The molecule has 220 valence electrons. The Hall–Kier alpha value is -2.93. The van der Waals surface area contributed by atoms with Crippen molar-refractivity contribution in [1.82, 2.24) is 25.8 Å². The summed E-state index contributed by atoms with van der Waals surface area (Å²) < 4.78 is 5.59. The Morgan fingerprint density at radius 2 is 1.70 bits per heavy atom. The number of piperidine rings is 2. The number of fused-ring (bicyclic) bond motifs is 4. The number of hydrogen-bond acceptors (Lipinski definition) is 8. The second-order valence-corrected chi connectivity index (χ2v) is 12.0. The molecular formula is C28H41N5O7. The van der Waals surface area contributed by atoms with E-state index in [0.29, 0.717) is 32.5 Å². The van der Waals surface area contributed by atoms with Crippen molar-refractivity contribution < 1.29 is 33.6 Å². The Bertz CT molecular complexity index is 1040. The zero-order valence-electron chi connectivity index (χ0n) is 23.5. The summed E-state index contributed by atoms with van der Waals surface area (Å²) in [4.78, 5) is 58.7. The van der Waals surface area contributed by atoms with E-state index in [2.05, 4.69) is 11.0 Å². The van der Waals surface area contributed by atoms with Crippen LogP contribution in [-0.4, -0.2) is 88.5 Å². The number of nitrogens with zero attached hydrogens (tertiary/aromatic N) is 3. The molecule has 1 aromatic carbocycles. The lowest BCUT2D eigenvalue weighted by molar-refractivity contribution is -0.141. The molecule has 0 spiro atoms. The molecule has 4 heterocycles. The summed E-state index contributed by atoms with van der Waals surface area (Å²) >= 11 is 0. The second kappa shape index (κ2) is 12.3. The normalized spacial score (nSPS) is 27.7. The minimum Gasteiger partial charge on any atom is -0.444 e. The molecule has 4 bridgehead atoms. The van der Waals surface area contributed by atoms with E-state index in [0.717, 1.165) is 31.2 Å². The fourth-order valence-electron chi connectivity index (χ4n) is 6.08. The fraction of sp³-hybridized carbons (Fsp3) is 0.679. The van der Waals surface area contributed by atoms with Crippen molar-refractivity contribution in [1.29, 1.82) is 0 Å². The predicted octanol–water partition coefficient (Wildman–Crippen LogP) is 2.89. The average Bonchev–Trinajstić information content (AvgIpc) is 3.33. The van der Waals surface area contributed by atoms with Gasteiger partial charge in [0.2, 0.25) is 0 Å². The first kappa shape index (κ1) is 28.6. The minimum absolute atomic E-state index is 0.00537. The highest BCUT2D eigenvalue weighted by Gasteiger charge is 2.48. The lowest BCUT2D eigenvalue weighted by Gasteiger charge is -2.39. The maximum Gasteiger partial charge on any atom is 0.410 e. The Morgan fingerprint density at radius 3 is 2.40 bits per heavy atom. The topological polar surface area (TPSA) is 122 Å². The van der Waals surface area contributed by atoms with E-state index in [-0.39, 0.29) is 48.9 Å². The van der Waals surface area contributed by atoms with Crippen LogP contribution in [0, 0.1) is 0 Å². The molecule has 0 radical (unpaired) electrons. The minimum atomic E-state index is -0.594. The zero-order chi connectivity index (χ0) is 28.3. The van der Waals surface area contributed by atoms with Gasteiger partial charge < -0.3 is 14.5 Å². The molecule has 1 aromatic rings. The van der Waals surface area contributed by atoms with Gasteiger partial charge in [0.15, 0.2) is 0 Å². The summed E-state index contributed by atoms with van der Waals surface area (Å²) in [5.74, 6) is -0.344. The molecular weight excluding hydrogens is 518 g/mol. The van der Waals surface area contributed by atoms with Crippen LogP contribution in [0.1, 0.15) is 64.9 Å². The van der Waals surface area contributed by atoms with E-state index in [4.69, 9.17) is 19.2 Å². The summed E-state index contributed by atoms with van der Waals surface area (Å²) in [6, 6.07) is 8.97. The van der Waals surface area contributed by atoms with Crippen LogP contribution >= 0.6 is 0 Å². The quantitative estimate of drug-likeness (QED) is 0.332. The summed E-state index contributed by atoms with van der Waals surface area (Å²) in [6.07, 6.45) is 4.38. The van der Waals surface area contributed by atoms with Crippen LogP contribution in [0.5, 0.6) is 0 Å². The van der Waals surface area contributed by atoms with Crippen LogP contribution < -0.4 is 11.0 Å². The molecule has 12 nitrogen and oxygen atoms in total. The van der Waals surface area contributed by atoms with Crippen LogP contribution in [0.25, 0.3) is 0 Å². The molecule has 4 fully saturated rings. The molecule has 2 unspecified atom stereocenters. The van der Waals surface area contributed by atoms with Crippen molar-refractivity contribution in [3.63, 3.8) is 0 Å². The van der Waals surface area contributed by atoms with E-state index in [1.807, 2.05) is 56.0 Å². The van der Waals surface area contributed by atoms with E-state index in [1.165, 1.54) is 5.06 Å². The third-order valence-corrected chi connectivity index (χ3v) is 7.86. The molecule has 0 aliphatic carbocycles. The molecule has 4 aliphatic heterocycles. The van der Waals surface area contributed by atoms with Crippen LogP contribution in [0.4, 0.5) is 9.59 Å². The Balaban J connectivity index is 0.976. The summed E-state index contributed by atoms with van der Waals surface area (Å²) in [6.45, 7) is 6.97. The van der Waals surface area contributed by atoms with E-state index < -0.39 is 11.6 Å². The van der Waals surface area contributed by atoms with Crippen molar-refractivity contribution in [3.8, 4) is 0 Å². The van der Waals surface area contributed by atoms with Crippen LogP contribution in [-0.2, 0) is 30.7 Å². The van der Waals surface area contributed by atoms with Crippen LogP contribution in [0.15, 0.2) is 30.3 Å². The van der Waals surface area contributed by atoms with Gasteiger partial charge >= 0.3 is 12.1 Å². The molecule has 2 N–H and O–H groups in total. The number of carbonyl (C=O) groups excluding carboxylic acids is 3. The van der Waals surface area contributed by atoms with Gasteiger partial charge in [0, 0.05) is 25.2 Å². The number of nitrogens with one attached hydrogen (secondary N) is 2. The number of ether oxygens (including phenoxy) is 1. The van der Waals surface area contributed by atoms with Crippen molar-refractivity contribution in [2.75, 3.05) is 19.7 Å². The van der Waals surface area contributed by atoms with Crippen LogP contribution in [0.2, 0.25) is 0 Å². The first-order chi connectivity index (χ1) is 19.2. The lowest BCUT2D eigenvalue weighted by Crippen LogP contribution is -2.51. The van der Waals surface area contributed by atoms with E-state index in [1.54, 1.807) is 4.90 Å². The molecule has 12 heteroatoms. The summed E-state index contributed by atoms with van der Waals surface area (Å²) in [5.41, 5.74) is 5.87. The van der Waals surface area contributed by atoms with Gasteiger partial charge in [-0.05, 0) is 64.9 Å². The fourth-order valence-corrected chi connectivity index (χ4v) is 6.08. The van der Waals surface area contributed by atoms with E-state index >= 15 is 0 Å². The Morgan fingerprint density at radius 1 is 1.00 bits per heavy atom. The first-order valence-corrected chi connectivity index (χ1v) is 14.3. The second-order valence-electron chi connectivity index (χ2n) is 12.0. The third-order valence-electron chi connectivity index (χ3n) is 7.86. The van der Waals surface area contributed by atoms with Crippen molar-refractivity contribution in [3.05, 3.63) is 35.9 Å². The molecule has 4 atom stereocenters. The molecule has 4 amide bonds. The number of hydroxylamine groups is 4. The van der Waals surface area contributed by atoms with Crippen molar-refractivity contribution >= 4 is 18.0 Å². The van der Waals surface area contributed by atoms with Crippen LogP contribution in [0.3, 0.4) is 0 Å². The number of urea groups is 1. The van der Waals surface area contributed by atoms with Gasteiger partial charge in [-0.2, -0.15) is 10.5 Å². The van der Waals surface area contributed by atoms with Crippen molar-refractivity contribution in [2.45, 2.75) is 102 Å². The number of hydrogen-bond donors (Lipinski definition) is 2. The molecule has 4 aliphatic rings. The van der Waals surface area contributed by atoms with E-state index in [9.17, 15) is 14.4 Å². The highest BCUT2D eigenvalue weighted by atomic mass is 16.7. The lowest BCUT2D eigenvalue weighted by atomic mass is 10.0. The predicted molar refractivity (Wildman–Crippen MR) is 143 cm³/mol. The molecule has 0 aromatic heterocycles. The summed E-state index contributed by atoms with van der Waals surface area (Å²) in [7, 11) is 0. The number of rotatable bonds is 10. The Kier molecular flexibility index (Phi) is 8.79. The van der Waals surface area contributed by atoms with Gasteiger partial charge in [-0.3, -0.25) is 19.3 Å². The highest BCUT2D eigenvalue weighted by molar-refractivity contribution is 5.88. The highest BCUT2D eigenvalue weighted by Crippen LogP contribution is 2.37. The maximum absolute atomic E-state index is 12.9. The van der Waals surface area contributed by atoms with Gasteiger partial charge in [-0.15, -0.1) is 0 Å². The van der Waals surface area contributed by atoms with Gasteiger partial charge in [-0.25, -0.2) is 15.1 Å². The van der Waals surface area contributed by atoms with Gasteiger partial charge in [0.05, 0.1) is 18.8 Å². The monoisotopic (exact) mass is 559 g/mol. The number of carbonyl (C=O) groups is 3. The Labute approximate surface area is 235 Å².